The summed E-state index contributed by atoms with van der Waals surface area (Å²) < 4.78 is 18.5. The van der Waals surface area contributed by atoms with E-state index in [0.717, 1.165) is 48.3 Å². The number of unbranched alkanes of at least 4 members (excludes halogenated alkanes) is 3. The highest BCUT2D eigenvalue weighted by Gasteiger charge is 2.45. The number of hydrogen-bond acceptors (Lipinski definition) is 4. The van der Waals surface area contributed by atoms with Crippen LogP contribution in [-0.2, 0) is 26.3 Å². The maximum absolute atomic E-state index is 12.7. The number of hydrogen-bond donors (Lipinski definition) is 0. The van der Waals surface area contributed by atoms with Gasteiger partial charge in [0.25, 0.3) is 0 Å². The summed E-state index contributed by atoms with van der Waals surface area (Å²) in [7, 11) is 0. The van der Waals surface area contributed by atoms with E-state index in [2.05, 4.69) is 55.5 Å². The number of carbonyl (C=O) groups is 1. The van der Waals surface area contributed by atoms with Crippen LogP contribution in [0.25, 0.3) is 0 Å². The Morgan fingerprint density at radius 1 is 0.732 bits per heavy atom. The van der Waals surface area contributed by atoms with Crippen molar-refractivity contribution in [2.24, 2.45) is 5.92 Å². The average molecular weight is 549 g/mol. The van der Waals surface area contributed by atoms with Crippen LogP contribution in [0.5, 0.6) is 5.75 Å². The predicted octanol–water partition coefficient (Wildman–Crippen LogP) is 8.13. The first kappa shape index (κ1) is 28.6. The van der Waals surface area contributed by atoms with E-state index >= 15 is 0 Å². The summed E-state index contributed by atoms with van der Waals surface area (Å²) in [5.74, 6) is 0.397. The van der Waals surface area contributed by atoms with Gasteiger partial charge in [-0.3, -0.25) is 4.79 Å². The second kappa shape index (κ2) is 14.1. The first-order chi connectivity index (χ1) is 20.2. The van der Waals surface area contributed by atoms with Crippen LogP contribution < -0.4 is 4.74 Å². The molecule has 0 bridgehead atoms. The lowest BCUT2D eigenvalue weighted by molar-refractivity contribution is -0.194. The largest absolute Gasteiger partial charge is 0.494 e. The van der Waals surface area contributed by atoms with Crippen molar-refractivity contribution < 1.29 is 19.0 Å². The molecule has 41 heavy (non-hydrogen) atoms. The lowest BCUT2D eigenvalue weighted by Crippen LogP contribution is -2.49. The molecule has 1 heterocycles. The van der Waals surface area contributed by atoms with Gasteiger partial charge in [0.1, 0.15) is 23.4 Å². The Morgan fingerprint density at radius 3 is 1.90 bits per heavy atom. The van der Waals surface area contributed by atoms with Gasteiger partial charge in [-0.15, -0.1) is 0 Å². The molecule has 4 aromatic rings. The van der Waals surface area contributed by atoms with Crippen molar-refractivity contribution in [2.75, 3.05) is 13.2 Å². The van der Waals surface area contributed by atoms with Crippen LogP contribution in [0.15, 0.2) is 115 Å². The molecule has 0 aliphatic carbocycles. The van der Waals surface area contributed by atoms with E-state index in [1.54, 1.807) is 0 Å². The van der Waals surface area contributed by atoms with Crippen molar-refractivity contribution in [3.05, 3.63) is 138 Å². The van der Waals surface area contributed by atoms with Gasteiger partial charge in [-0.2, -0.15) is 0 Å². The molecule has 2 atom stereocenters. The lowest BCUT2D eigenvalue weighted by atomic mass is 9.79. The number of rotatable bonds is 15. The van der Waals surface area contributed by atoms with Gasteiger partial charge >= 0.3 is 5.97 Å². The molecular weight excluding hydrogens is 508 g/mol. The molecule has 1 fully saturated rings. The molecule has 0 unspecified atom stereocenters. The summed E-state index contributed by atoms with van der Waals surface area (Å²) >= 11 is 0. The molecule has 4 heteroatoms. The Bertz CT molecular complexity index is 1260. The molecule has 0 N–H and O–H groups in total. The Hall–Kier alpha value is -3.89. The molecular formula is C37H40O4. The van der Waals surface area contributed by atoms with Crippen molar-refractivity contribution in [3.8, 4) is 5.75 Å². The molecule has 4 nitrogen and oxygen atoms in total. The first-order valence-corrected chi connectivity index (χ1v) is 14.9. The molecule has 0 radical (unpaired) electrons. The molecule has 0 amide bonds. The van der Waals surface area contributed by atoms with E-state index in [-0.39, 0.29) is 24.6 Å². The molecule has 0 saturated carbocycles. The summed E-state index contributed by atoms with van der Waals surface area (Å²) in [5, 5.41) is 0. The summed E-state index contributed by atoms with van der Waals surface area (Å²) in [4.78, 5) is 12.7. The zero-order chi connectivity index (χ0) is 28.3. The van der Waals surface area contributed by atoms with E-state index < -0.39 is 5.60 Å². The van der Waals surface area contributed by atoms with E-state index in [1.807, 2.05) is 66.7 Å². The van der Waals surface area contributed by atoms with Crippen molar-refractivity contribution in [1.82, 2.24) is 0 Å². The summed E-state index contributed by atoms with van der Waals surface area (Å²) in [5.41, 5.74) is 3.40. The number of ether oxygens (including phenoxy) is 3. The lowest BCUT2D eigenvalue weighted by Gasteiger charge is -2.40. The van der Waals surface area contributed by atoms with E-state index in [4.69, 9.17) is 14.2 Å². The Kier molecular flexibility index (Phi) is 9.87. The highest BCUT2D eigenvalue weighted by atomic mass is 16.6. The van der Waals surface area contributed by atoms with Gasteiger partial charge in [-0.25, -0.2) is 0 Å². The molecule has 4 aromatic carbocycles. The third kappa shape index (κ3) is 6.89. The van der Waals surface area contributed by atoms with Crippen LogP contribution in [0, 0.1) is 5.92 Å². The van der Waals surface area contributed by atoms with Crippen LogP contribution in [0.2, 0.25) is 0 Å². The zero-order valence-electron chi connectivity index (χ0n) is 23.9. The Labute approximate surface area is 244 Å². The van der Waals surface area contributed by atoms with Crippen LogP contribution in [0.1, 0.15) is 61.3 Å². The average Bonchev–Trinajstić information content (AvgIpc) is 3.03. The number of benzene rings is 4. The normalized spacial score (nSPS) is 16.6. The highest BCUT2D eigenvalue weighted by Crippen LogP contribution is 2.42. The topological polar surface area (TPSA) is 44.8 Å². The molecule has 1 aliphatic rings. The Balaban J connectivity index is 1.29. The van der Waals surface area contributed by atoms with Crippen LogP contribution >= 0.6 is 0 Å². The second-order valence-corrected chi connectivity index (χ2v) is 10.8. The van der Waals surface area contributed by atoms with Crippen LogP contribution in [0.3, 0.4) is 0 Å². The quantitative estimate of drug-likeness (QED) is 0.0855. The molecule has 1 aliphatic heterocycles. The minimum Gasteiger partial charge on any atom is -0.494 e. The van der Waals surface area contributed by atoms with E-state index in [1.165, 1.54) is 24.8 Å². The predicted molar refractivity (Wildman–Crippen MR) is 163 cm³/mol. The summed E-state index contributed by atoms with van der Waals surface area (Å²) in [6.07, 6.45) is 6.12. The van der Waals surface area contributed by atoms with Crippen LogP contribution in [0.4, 0.5) is 0 Å². The first-order valence-electron chi connectivity index (χ1n) is 14.9. The molecule has 0 spiro atoms. The fourth-order valence-electron chi connectivity index (χ4n) is 5.64. The van der Waals surface area contributed by atoms with E-state index in [0.29, 0.717) is 0 Å². The van der Waals surface area contributed by atoms with E-state index in [9.17, 15) is 4.79 Å². The zero-order valence-corrected chi connectivity index (χ0v) is 23.9. The summed E-state index contributed by atoms with van der Waals surface area (Å²) in [6.45, 7) is 3.23. The standard InChI is InChI=1S/C37H40O4/c1-2-3-4-14-26-39-33-23-15-16-29(27-33)24-25-35-34(36(38)41-35)28-40-37(30-17-8-5-9-18-30,31-19-10-6-11-20-31)32-21-12-7-13-22-32/h5-13,15-23,27,34-35H,2-4,14,24-26,28H2,1H3/t34-,35-/m1/s1. The third-order valence-electron chi connectivity index (χ3n) is 7.92. The van der Waals surface area contributed by atoms with Gasteiger partial charge in [-0.05, 0) is 53.6 Å². The number of carbonyl (C=O) groups excluding carboxylic acids is 1. The molecule has 5 rings (SSSR count). The summed E-state index contributed by atoms with van der Waals surface area (Å²) in [6, 6.07) is 39.0. The Morgan fingerprint density at radius 2 is 1.34 bits per heavy atom. The smallest absolute Gasteiger partial charge is 0.315 e. The fraction of sp³-hybridized carbons (Fsp3) is 0.324. The van der Waals surface area contributed by atoms with Crippen LogP contribution in [-0.4, -0.2) is 25.3 Å². The maximum Gasteiger partial charge on any atom is 0.315 e. The molecule has 0 aromatic heterocycles. The van der Waals surface area contributed by atoms with Gasteiger partial charge < -0.3 is 14.2 Å². The molecule has 212 valence electrons. The minimum atomic E-state index is -0.854. The van der Waals surface area contributed by atoms with Gasteiger partial charge in [0.15, 0.2) is 0 Å². The number of esters is 1. The fourth-order valence-corrected chi connectivity index (χ4v) is 5.64. The highest BCUT2D eigenvalue weighted by molar-refractivity contribution is 5.78. The van der Waals surface area contributed by atoms with Gasteiger partial charge in [0.05, 0.1) is 13.2 Å². The third-order valence-corrected chi connectivity index (χ3v) is 7.92. The maximum atomic E-state index is 12.7. The van der Waals surface area contributed by atoms with Crippen molar-refractivity contribution in [1.29, 1.82) is 0 Å². The van der Waals surface area contributed by atoms with Crippen molar-refractivity contribution >= 4 is 5.97 Å². The molecule has 1 saturated heterocycles. The van der Waals surface area contributed by atoms with Gasteiger partial charge in [0.2, 0.25) is 0 Å². The monoisotopic (exact) mass is 548 g/mol. The van der Waals surface area contributed by atoms with Gasteiger partial charge in [0, 0.05) is 0 Å². The second-order valence-electron chi connectivity index (χ2n) is 10.8. The van der Waals surface area contributed by atoms with Crippen molar-refractivity contribution in [2.45, 2.75) is 57.2 Å². The number of cyclic esters (lactones) is 1. The van der Waals surface area contributed by atoms with Gasteiger partial charge in [-0.1, -0.05) is 129 Å². The SMILES string of the molecule is CCCCCCOc1cccc(CC[C@H]2OC(=O)[C@@H]2COC(c2ccccc2)(c2ccccc2)c2ccccc2)c1. The van der Waals surface area contributed by atoms with Crippen molar-refractivity contribution in [3.63, 3.8) is 0 Å². The minimum absolute atomic E-state index is 0.180. The number of aryl methyl sites for hydroxylation is 1.